The van der Waals surface area contributed by atoms with Crippen molar-refractivity contribution in [3.05, 3.63) is 23.8 Å². The summed E-state index contributed by atoms with van der Waals surface area (Å²) in [4.78, 5) is 17.0. The van der Waals surface area contributed by atoms with Gasteiger partial charge in [0.2, 0.25) is 5.91 Å². The van der Waals surface area contributed by atoms with Gasteiger partial charge in [-0.2, -0.15) is 0 Å². The lowest BCUT2D eigenvalue weighted by atomic mass is 9.83. The molecule has 3 fully saturated rings. The molecule has 1 aliphatic carbocycles. The molecule has 1 saturated carbocycles. The van der Waals surface area contributed by atoms with Crippen LogP contribution in [-0.2, 0) is 9.53 Å². The Hall–Kier alpha value is -2.26. The highest BCUT2D eigenvalue weighted by Gasteiger charge is 2.28. The van der Waals surface area contributed by atoms with Crippen LogP contribution in [0, 0.1) is 23.5 Å². The van der Waals surface area contributed by atoms with Crippen molar-refractivity contribution < 1.29 is 22.8 Å². The summed E-state index contributed by atoms with van der Waals surface area (Å²) in [7, 11) is 0. The van der Waals surface area contributed by atoms with Crippen LogP contribution in [0.25, 0.3) is 11.0 Å². The number of fused-ring (bicyclic) bond motifs is 1. The fourth-order valence-electron chi connectivity index (χ4n) is 5.57. The summed E-state index contributed by atoms with van der Waals surface area (Å²) >= 11 is 0. The first-order chi connectivity index (χ1) is 16.6. The van der Waals surface area contributed by atoms with E-state index in [-0.39, 0.29) is 17.4 Å². The van der Waals surface area contributed by atoms with E-state index in [0.29, 0.717) is 36.4 Å². The van der Waals surface area contributed by atoms with Gasteiger partial charge in [0.1, 0.15) is 0 Å². The molecule has 186 valence electrons. The van der Waals surface area contributed by atoms with Gasteiger partial charge in [-0.25, -0.2) is 8.78 Å². The number of benzene rings is 1. The van der Waals surface area contributed by atoms with Crippen LogP contribution in [0.3, 0.4) is 0 Å². The van der Waals surface area contributed by atoms with Crippen LogP contribution in [0.15, 0.2) is 16.7 Å². The molecule has 0 atom stereocenters. The number of piperazine rings is 1. The van der Waals surface area contributed by atoms with Gasteiger partial charge < -0.3 is 19.5 Å². The normalized spacial score (nSPS) is 25.1. The van der Waals surface area contributed by atoms with Gasteiger partial charge in [0, 0.05) is 57.4 Å². The van der Waals surface area contributed by atoms with Gasteiger partial charge >= 0.3 is 0 Å². The molecule has 2 aliphatic heterocycles. The molecule has 0 spiro atoms. The number of carbonyl (C=O) groups excluding carboxylic acids is 1. The van der Waals surface area contributed by atoms with E-state index >= 15 is 0 Å². The Morgan fingerprint density at radius 3 is 2.44 bits per heavy atom. The van der Waals surface area contributed by atoms with Crippen LogP contribution >= 0.6 is 0 Å². The molecule has 0 unspecified atom stereocenters. The molecule has 34 heavy (non-hydrogen) atoms. The Labute approximate surface area is 198 Å². The maximum atomic E-state index is 13.7. The zero-order valence-corrected chi connectivity index (χ0v) is 19.6. The summed E-state index contributed by atoms with van der Waals surface area (Å²) in [5.41, 5.74) is 0.274. The lowest BCUT2D eigenvalue weighted by Gasteiger charge is -2.36. The van der Waals surface area contributed by atoms with Crippen LogP contribution in [0.5, 0.6) is 0 Å². The standard InChI is InChI=1S/C25H34F2N4O3/c26-21-15-20-23(16-22(21)27)34-29-24(20)31-11-9-30(10-12-31)8-5-17-1-3-19(4-2-17)28-25(32)18-6-13-33-14-7-18/h15-19H,1-14H2,(H,28,32)/t17-,19-. The second-order valence-electron chi connectivity index (χ2n) is 10.00. The molecule has 2 saturated heterocycles. The lowest BCUT2D eigenvalue weighted by Crippen LogP contribution is -2.47. The first kappa shape index (κ1) is 23.5. The smallest absolute Gasteiger partial charge is 0.223 e. The molecule has 1 amide bonds. The zero-order chi connectivity index (χ0) is 23.5. The molecular formula is C25H34F2N4O3. The first-order valence-corrected chi connectivity index (χ1v) is 12.7. The van der Waals surface area contributed by atoms with Crippen molar-refractivity contribution >= 4 is 22.7 Å². The van der Waals surface area contributed by atoms with Crippen molar-refractivity contribution in [3.63, 3.8) is 0 Å². The minimum atomic E-state index is -0.921. The SMILES string of the molecule is O=C(N[C@H]1CC[C@H](CCN2CCN(c3noc4cc(F)c(F)cc34)CC2)CC1)C1CCOCC1. The quantitative estimate of drug-likeness (QED) is 0.685. The molecule has 1 aromatic carbocycles. The second kappa shape index (κ2) is 10.6. The van der Waals surface area contributed by atoms with Crippen molar-refractivity contribution in [2.24, 2.45) is 11.8 Å². The monoisotopic (exact) mass is 476 g/mol. The summed E-state index contributed by atoms with van der Waals surface area (Å²) in [6.07, 6.45) is 7.36. The number of nitrogens with zero attached hydrogens (tertiary/aromatic N) is 3. The third-order valence-electron chi connectivity index (χ3n) is 7.80. The highest BCUT2D eigenvalue weighted by Crippen LogP contribution is 2.30. The summed E-state index contributed by atoms with van der Waals surface area (Å²) in [5.74, 6) is -0.150. The highest BCUT2D eigenvalue weighted by atomic mass is 19.2. The average Bonchev–Trinajstić information content (AvgIpc) is 3.27. The molecule has 0 bridgehead atoms. The molecular weight excluding hydrogens is 442 g/mol. The highest BCUT2D eigenvalue weighted by molar-refractivity contribution is 5.88. The number of aromatic nitrogens is 1. The number of ether oxygens (including phenoxy) is 1. The van der Waals surface area contributed by atoms with Crippen LogP contribution in [0.4, 0.5) is 14.6 Å². The molecule has 3 aliphatic rings. The van der Waals surface area contributed by atoms with Crippen molar-refractivity contribution in [1.82, 2.24) is 15.4 Å². The number of rotatable bonds is 6. The number of halogens is 2. The molecule has 7 nitrogen and oxygen atoms in total. The van der Waals surface area contributed by atoms with Gasteiger partial charge in [0.25, 0.3) is 0 Å². The Morgan fingerprint density at radius 1 is 1.00 bits per heavy atom. The van der Waals surface area contributed by atoms with Crippen molar-refractivity contribution in [1.29, 1.82) is 0 Å². The fourth-order valence-corrected chi connectivity index (χ4v) is 5.57. The molecule has 0 radical (unpaired) electrons. The summed E-state index contributed by atoms with van der Waals surface area (Å²) < 4.78 is 37.7. The van der Waals surface area contributed by atoms with E-state index in [4.69, 9.17) is 9.26 Å². The lowest BCUT2D eigenvalue weighted by molar-refractivity contribution is -0.128. The Kier molecular flexibility index (Phi) is 7.29. The Bertz CT molecular complexity index is 978. The predicted octanol–water partition coefficient (Wildman–Crippen LogP) is 3.72. The number of nitrogens with one attached hydrogen (secondary N) is 1. The molecule has 3 heterocycles. The first-order valence-electron chi connectivity index (χ1n) is 12.7. The summed E-state index contributed by atoms with van der Waals surface area (Å²) in [5, 5.41) is 7.87. The molecule has 5 rings (SSSR count). The van der Waals surface area contributed by atoms with Crippen LogP contribution in [0.1, 0.15) is 44.9 Å². The van der Waals surface area contributed by atoms with Crippen LogP contribution in [-0.4, -0.2) is 67.9 Å². The molecule has 1 aromatic heterocycles. The van der Waals surface area contributed by atoms with E-state index in [1.54, 1.807) is 0 Å². The van der Waals surface area contributed by atoms with E-state index in [9.17, 15) is 13.6 Å². The zero-order valence-electron chi connectivity index (χ0n) is 19.6. The van der Waals surface area contributed by atoms with Gasteiger partial charge in [-0.05, 0) is 63.5 Å². The topological polar surface area (TPSA) is 70.8 Å². The largest absolute Gasteiger partial charge is 0.381 e. The maximum absolute atomic E-state index is 13.7. The van der Waals surface area contributed by atoms with E-state index in [1.165, 1.54) is 25.3 Å². The molecule has 2 aromatic rings. The number of hydrogen-bond donors (Lipinski definition) is 1. The van der Waals surface area contributed by atoms with Crippen LogP contribution < -0.4 is 10.2 Å². The number of anilines is 1. The maximum Gasteiger partial charge on any atom is 0.223 e. The minimum Gasteiger partial charge on any atom is -0.381 e. The minimum absolute atomic E-state index is 0.126. The van der Waals surface area contributed by atoms with Gasteiger partial charge in [0.05, 0.1) is 5.39 Å². The van der Waals surface area contributed by atoms with Crippen molar-refractivity contribution in [2.45, 2.75) is 51.0 Å². The number of hydrogen-bond acceptors (Lipinski definition) is 6. The third-order valence-corrected chi connectivity index (χ3v) is 7.80. The molecule has 1 N–H and O–H groups in total. The summed E-state index contributed by atoms with van der Waals surface area (Å²) in [6, 6.07) is 2.55. The predicted molar refractivity (Wildman–Crippen MR) is 125 cm³/mol. The van der Waals surface area contributed by atoms with Gasteiger partial charge in [-0.1, -0.05) is 5.16 Å². The van der Waals surface area contributed by atoms with Crippen molar-refractivity contribution in [3.8, 4) is 0 Å². The Morgan fingerprint density at radius 2 is 1.71 bits per heavy atom. The van der Waals surface area contributed by atoms with E-state index in [1.807, 2.05) is 0 Å². The molecule has 9 heteroatoms. The Balaban J connectivity index is 1.03. The van der Waals surface area contributed by atoms with Gasteiger partial charge in [-0.15, -0.1) is 0 Å². The van der Waals surface area contributed by atoms with E-state index < -0.39 is 11.6 Å². The second-order valence-corrected chi connectivity index (χ2v) is 10.00. The van der Waals surface area contributed by atoms with Crippen LogP contribution in [0.2, 0.25) is 0 Å². The summed E-state index contributed by atoms with van der Waals surface area (Å²) in [6.45, 7) is 5.86. The fraction of sp³-hybridized carbons (Fsp3) is 0.680. The number of carbonyl (C=O) groups is 1. The van der Waals surface area contributed by atoms with Crippen molar-refractivity contribution in [2.75, 3.05) is 50.8 Å². The average molecular weight is 477 g/mol. The van der Waals surface area contributed by atoms with Gasteiger partial charge in [-0.3, -0.25) is 9.69 Å². The van der Waals surface area contributed by atoms with E-state index in [0.717, 1.165) is 64.5 Å². The third kappa shape index (κ3) is 5.35. The number of amides is 1. The van der Waals surface area contributed by atoms with E-state index in [2.05, 4.69) is 20.3 Å². The van der Waals surface area contributed by atoms with Gasteiger partial charge in [0.15, 0.2) is 23.0 Å².